The average molecular weight is 83.9 g/mol. The molecule has 0 aromatic heterocycles. The highest BCUT2D eigenvalue weighted by Crippen LogP contribution is 2.00. The van der Waals surface area contributed by atoms with Gasteiger partial charge in [-0.1, -0.05) is 6.32 Å². The smallest absolute Gasteiger partial charge is 0.159 e. The van der Waals surface area contributed by atoms with Gasteiger partial charge in [-0.15, -0.1) is 0 Å². The van der Waals surface area contributed by atoms with E-state index in [0.29, 0.717) is 6.00 Å². The van der Waals surface area contributed by atoms with E-state index in [-0.39, 0.29) is 0 Å². The van der Waals surface area contributed by atoms with Crippen molar-refractivity contribution in [1.82, 2.24) is 0 Å². The molecule has 0 saturated carbocycles. The van der Waals surface area contributed by atoms with Gasteiger partial charge >= 0.3 is 0 Å². The van der Waals surface area contributed by atoms with Crippen LogP contribution < -0.4 is 0 Å². The molecule has 0 amide bonds. The van der Waals surface area contributed by atoms with Gasteiger partial charge < -0.3 is 4.74 Å². The number of ether oxygens (including phenoxy) is 1. The lowest BCUT2D eigenvalue weighted by molar-refractivity contribution is 0.151. The van der Waals surface area contributed by atoms with Gasteiger partial charge in [-0.25, -0.2) is 0 Å². The molecule has 1 atom stereocenters. The van der Waals surface area contributed by atoms with Gasteiger partial charge in [-0.3, -0.25) is 0 Å². The largest absolute Gasteiger partial charge is 0.388 e. The minimum Gasteiger partial charge on any atom is -0.388 e. The fraction of sp³-hybridized carbons (Fsp3) is 1.00. The summed E-state index contributed by atoms with van der Waals surface area (Å²) in [6.07, 6.45) is 1.27. The Labute approximate surface area is 38.9 Å². The molecule has 1 aliphatic heterocycles. The van der Waals surface area contributed by atoms with Gasteiger partial charge in [0.2, 0.25) is 0 Å². The van der Waals surface area contributed by atoms with E-state index in [0.717, 1.165) is 6.61 Å². The lowest BCUT2D eigenvalue weighted by Gasteiger charge is -1.94. The Bertz CT molecular complexity index is 40.8. The molecule has 34 valence electrons. The van der Waals surface area contributed by atoms with Crippen LogP contribution in [0.15, 0.2) is 0 Å². The molecule has 1 nitrogen and oxygen atoms in total. The van der Waals surface area contributed by atoms with Crippen molar-refractivity contribution in [2.45, 2.75) is 19.2 Å². The summed E-state index contributed by atoms with van der Waals surface area (Å²) >= 11 is 0. The Morgan fingerprint density at radius 3 is 2.83 bits per heavy atom. The van der Waals surface area contributed by atoms with Crippen molar-refractivity contribution in [3.63, 3.8) is 0 Å². The van der Waals surface area contributed by atoms with Gasteiger partial charge in [0.1, 0.15) is 0 Å². The van der Waals surface area contributed by atoms with Gasteiger partial charge in [-0.2, -0.15) is 0 Å². The summed E-state index contributed by atoms with van der Waals surface area (Å²) in [4.78, 5) is 0. The molecule has 2 heteroatoms. The predicted octanol–water partition coefficient (Wildman–Crippen LogP) is 0.217. The summed E-state index contributed by atoms with van der Waals surface area (Å²) in [7, 11) is 1.26. The van der Waals surface area contributed by atoms with E-state index in [1.54, 1.807) is 0 Å². The zero-order valence-electron chi connectivity index (χ0n) is 4.11. The molecule has 0 radical (unpaired) electrons. The van der Waals surface area contributed by atoms with Crippen LogP contribution in [0.3, 0.4) is 0 Å². The van der Waals surface area contributed by atoms with Crippen LogP contribution in [0, 0.1) is 0 Å². The Kier molecular flexibility index (Phi) is 1.15. The Balaban J connectivity index is 2.18. The highest BCUT2D eigenvalue weighted by atomic mass is 16.5. The highest BCUT2D eigenvalue weighted by molar-refractivity contribution is 6.37. The molecule has 0 aromatic carbocycles. The lowest BCUT2D eigenvalue weighted by atomic mass is 9.72. The van der Waals surface area contributed by atoms with E-state index < -0.39 is 0 Å². The maximum atomic E-state index is 5.15. The Hall–Kier alpha value is 0.0249. The summed E-state index contributed by atoms with van der Waals surface area (Å²) in [6.45, 7) is 3.11. The summed E-state index contributed by atoms with van der Waals surface area (Å²) in [5.74, 6) is 0. The normalized spacial score (nSPS) is 33.2. The van der Waals surface area contributed by atoms with Crippen molar-refractivity contribution in [2.24, 2.45) is 0 Å². The van der Waals surface area contributed by atoms with Crippen LogP contribution in [0.2, 0.25) is 6.32 Å². The van der Waals surface area contributed by atoms with Crippen molar-refractivity contribution in [3.05, 3.63) is 0 Å². The van der Waals surface area contributed by atoms with E-state index in [9.17, 15) is 0 Å². The quantitative estimate of drug-likeness (QED) is 0.381. The van der Waals surface area contributed by atoms with Crippen molar-refractivity contribution in [3.8, 4) is 0 Å². The van der Waals surface area contributed by atoms with Crippen LogP contribution in [0.1, 0.15) is 6.92 Å². The first-order valence-electron chi connectivity index (χ1n) is 2.51. The zero-order valence-corrected chi connectivity index (χ0v) is 4.11. The molecule has 1 fully saturated rings. The van der Waals surface area contributed by atoms with Crippen molar-refractivity contribution < 1.29 is 4.74 Å². The molecule has 0 aromatic rings. The number of hydrogen-bond acceptors (Lipinski definition) is 1. The van der Waals surface area contributed by atoms with Gasteiger partial charge in [0.05, 0.1) is 0 Å². The molecular weight excluding hydrogens is 74.9 g/mol. The highest BCUT2D eigenvalue weighted by Gasteiger charge is 2.09. The molecule has 1 rings (SSSR count). The number of rotatable bonds is 0. The molecule has 0 unspecified atom stereocenters. The second-order valence-corrected chi connectivity index (χ2v) is 1.82. The molecule has 0 bridgehead atoms. The second kappa shape index (κ2) is 1.65. The summed E-state index contributed by atoms with van der Waals surface area (Å²) in [5.41, 5.74) is 0. The third-order valence-electron chi connectivity index (χ3n) is 1.16. The van der Waals surface area contributed by atoms with Crippen molar-refractivity contribution >= 4 is 7.28 Å². The first-order valence-corrected chi connectivity index (χ1v) is 2.51. The van der Waals surface area contributed by atoms with E-state index in [1.807, 2.05) is 0 Å². The van der Waals surface area contributed by atoms with Gasteiger partial charge in [0.25, 0.3) is 0 Å². The summed E-state index contributed by atoms with van der Waals surface area (Å²) < 4.78 is 5.15. The van der Waals surface area contributed by atoms with E-state index in [4.69, 9.17) is 4.74 Å². The van der Waals surface area contributed by atoms with Crippen LogP contribution in [-0.2, 0) is 4.74 Å². The first kappa shape index (κ1) is 4.19. The Morgan fingerprint density at radius 1 is 1.83 bits per heavy atom. The number of hydrogen-bond donors (Lipinski definition) is 0. The van der Waals surface area contributed by atoms with Crippen molar-refractivity contribution in [1.29, 1.82) is 0 Å². The monoisotopic (exact) mass is 84.1 g/mol. The zero-order chi connectivity index (χ0) is 4.41. The van der Waals surface area contributed by atoms with Gasteiger partial charge in [0.15, 0.2) is 7.28 Å². The minimum absolute atomic E-state index is 0.546. The predicted molar refractivity (Wildman–Crippen MR) is 27.4 cm³/mol. The molecular formula is C4H9BO. The summed E-state index contributed by atoms with van der Waals surface area (Å²) in [6, 6.07) is 0.546. The van der Waals surface area contributed by atoms with Crippen LogP contribution in [0.4, 0.5) is 0 Å². The molecule has 0 aliphatic carbocycles. The second-order valence-electron chi connectivity index (χ2n) is 1.82. The SMILES string of the molecule is C[C@@H]1BCCO1. The van der Waals surface area contributed by atoms with Crippen LogP contribution >= 0.6 is 0 Å². The lowest BCUT2D eigenvalue weighted by Crippen LogP contribution is -2.03. The average Bonchev–Trinajstić information content (AvgIpc) is 1.86. The third-order valence-corrected chi connectivity index (χ3v) is 1.16. The maximum Gasteiger partial charge on any atom is 0.159 e. The van der Waals surface area contributed by atoms with Crippen LogP contribution in [0.25, 0.3) is 0 Å². The molecule has 0 spiro atoms. The standard InChI is InChI=1S/C4H9BO/c1-4-5-2-3-6-4/h4-5H,2-3H2,1H3/t4-/m1/s1. The Morgan fingerprint density at radius 2 is 2.67 bits per heavy atom. The minimum atomic E-state index is 0.546. The van der Waals surface area contributed by atoms with Crippen LogP contribution in [-0.4, -0.2) is 19.9 Å². The van der Waals surface area contributed by atoms with E-state index >= 15 is 0 Å². The molecule has 6 heavy (non-hydrogen) atoms. The molecule has 1 saturated heterocycles. The van der Waals surface area contributed by atoms with E-state index in [2.05, 4.69) is 6.92 Å². The van der Waals surface area contributed by atoms with Crippen LogP contribution in [0.5, 0.6) is 0 Å². The topological polar surface area (TPSA) is 9.23 Å². The molecule has 1 heterocycles. The van der Waals surface area contributed by atoms with Gasteiger partial charge in [-0.05, 0) is 6.92 Å². The third kappa shape index (κ3) is 0.746. The summed E-state index contributed by atoms with van der Waals surface area (Å²) in [5, 5.41) is 0. The molecule has 0 N–H and O–H groups in total. The fourth-order valence-corrected chi connectivity index (χ4v) is 0.739. The molecule has 1 aliphatic rings. The fourth-order valence-electron chi connectivity index (χ4n) is 0.739. The van der Waals surface area contributed by atoms with Crippen molar-refractivity contribution in [2.75, 3.05) is 6.61 Å². The first-order chi connectivity index (χ1) is 2.89. The maximum absolute atomic E-state index is 5.15. The van der Waals surface area contributed by atoms with Gasteiger partial charge in [0, 0.05) is 12.6 Å². The van der Waals surface area contributed by atoms with E-state index in [1.165, 1.54) is 13.6 Å².